The van der Waals surface area contributed by atoms with Crippen molar-refractivity contribution in [1.29, 1.82) is 0 Å². The van der Waals surface area contributed by atoms with Gasteiger partial charge in [0.1, 0.15) is 0 Å². The van der Waals surface area contributed by atoms with E-state index in [-0.39, 0.29) is 17.9 Å². The summed E-state index contributed by atoms with van der Waals surface area (Å²) in [5, 5.41) is 0. The zero-order valence-electron chi connectivity index (χ0n) is 11.6. The van der Waals surface area contributed by atoms with Gasteiger partial charge in [0.25, 0.3) is 0 Å². The molecule has 0 saturated heterocycles. The van der Waals surface area contributed by atoms with E-state index in [1.54, 1.807) is 0 Å². The standard InChI is InChI=1S/C14H27NO2/c1-5-10(6-2)13(15)11-7-8-12(9(11)3)14(16)17-4/h9-13H,5-8,15H2,1-4H3/t9?,11-,12-,13?/m0/s1. The second-order valence-electron chi connectivity index (χ2n) is 5.38. The van der Waals surface area contributed by atoms with Crippen molar-refractivity contribution in [2.45, 2.75) is 52.5 Å². The largest absolute Gasteiger partial charge is 0.469 e. The van der Waals surface area contributed by atoms with Crippen molar-refractivity contribution < 1.29 is 9.53 Å². The lowest BCUT2D eigenvalue weighted by Gasteiger charge is -2.30. The summed E-state index contributed by atoms with van der Waals surface area (Å²) in [7, 11) is 1.48. The van der Waals surface area contributed by atoms with E-state index in [0.29, 0.717) is 17.8 Å². The Morgan fingerprint density at radius 2 is 1.94 bits per heavy atom. The van der Waals surface area contributed by atoms with Crippen molar-refractivity contribution in [3.05, 3.63) is 0 Å². The molecule has 4 atom stereocenters. The van der Waals surface area contributed by atoms with Crippen molar-refractivity contribution in [2.24, 2.45) is 29.4 Å². The Labute approximate surface area is 105 Å². The predicted molar refractivity (Wildman–Crippen MR) is 69.4 cm³/mol. The molecular formula is C14H27NO2. The molecule has 17 heavy (non-hydrogen) atoms. The van der Waals surface area contributed by atoms with Gasteiger partial charge in [-0.15, -0.1) is 0 Å². The minimum atomic E-state index is -0.0586. The number of carbonyl (C=O) groups excluding carboxylic acids is 1. The number of ether oxygens (including phenoxy) is 1. The fourth-order valence-electron chi connectivity index (χ4n) is 3.41. The smallest absolute Gasteiger partial charge is 0.308 e. The lowest BCUT2D eigenvalue weighted by molar-refractivity contribution is -0.146. The molecule has 0 aromatic carbocycles. The van der Waals surface area contributed by atoms with Crippen molar-refractivity contribution in [1.82, 2.24) is 0 Å². The van der Waals surface area contributed by atoms with Crippen LogP contribution in [0.2, 0.25) is 0 Å². The monoisotopic (exact) mass is 241 g/mol. The van der Waals surface area contributed by atoms with Gasteiger partial charge in [-0.3, -0.25) is 4.79 Å². The Hall–Kier alpha value is -0.570. The average Bonchev–Trinajstić information content (AvgIpc) is 2.71. The van der Waals surface area contributed by atoms with Crippen LogP contribution in [0.25, 0.3) is 0 Å². The summed E-state index contributed by atoms with van der Waals surface area (Å²) in [5.74, 6) is 1.42. The van der Waals surface area contributed by atoms with Crippen LogP contribution in [0.5, 0.6) is 0 Å². The van der Waals surface area contributed by atoms with Gasteiger partial charge in [-0.05, 0) is 30.6 Å². The van der Waals surface area contributed by atoms with Crippen molar-refractivity contribution in [3.8, 4) is 0 Å². The quantitative estimate of drug-likeness (QED) is 0.753. The summed E-state index contributed by atoms with van der Waals surface area (Å²) in [6.45, 7) is 6.55. The summed E-state index contributed by atoms with van der Waals surface area (Å²) >= 11 is 0. The van der Waals surface area contributed by atoms with Gasteiger partial charge >= 0.3 is 5.97 Å². The molecule has 3 heteroatoms. The number of hydrogen-bond donors (Lipinski definition) is 1. The Bertz CT molecular complexity index is 251. The molecule has 1 rings (SSSR count). The third kappa shape index (κ3) is 3.01. The molecule has 0 bridgehead atoms. The first-order valence-electron chi connectivity index (χ1n) is 6.90. The van der Waals surface area contributed by atoms with Crippen LogP contribution in [-0.2, 0) is 9.53 Å². The normalized spacial score (nSPS) is 30.6. The summed E-state index contributed by atoms with van der Waals surface area (Å²) in [4.78, 5) is 11.6. The minimum absolute atomic E-state index is 0.0586. The van der Waals surface area contributed by atoms with Gasteiger partial charge < -0.3 is 10.5 Å². The summed E-state index contributed by atoms with van der Waals surface area (Å²) in [6.07, 6.45) is 4.26. The van der Waals surface area contributed by atoms with Crippen molar-refractivity contribution in [2.75, 3.05) is 7.11 Å². The Morgan fingerprint density at radius 1 is 1.35 bits per heavy atom. The van der Waals surface area contributed by atoms with Gasteiger partial charge in [-0.25, -0.2) is 0 Å². The van der Waals surface area contributed by atoms with E-state index in [0.717, 1.165) is 25.7 Å². The second kappa shape index (κ2) is 6.39. The first kappa shape index (κ1) is 14.5. The van der Waals surface area contributed by atoms with E-state index in [4.69, 9.17) is 10.5 Å². The molecule has 2 unspecified atom stereocenters. The number of nitrogens with two attached hydrogens (primary N) is 1. The van der Waals surface area contributed by atoms with E-state index in [1.165, 1.54) is 7.11 Å². The van der Waals surface area contributed by atoms with Crippen LogP contribution >= 0.6 is 0 Å². The fraction of sp³-hybridized carbons (Fsp3) is 0.929. The molecule has 1 fully saturated rings. The maximum atomic E-state index is 11.6. The topological polar surface area (TPSA) is 52.3 Å². The SMILES string of the molecule is CCC(CC)C(N)[C@H]1CC[C@H](C(=O)OC)C1C. The number of hydrogen-bond acceptors (Lipinski definition) is 3. The average molecular weight is 241 g/mol. The maximum absolute atomic E-state index is 11.6. The van der Waals surface area contributed by atoms with Crippen LogP contribution in [0.15, 0.2) is 0 Å². The van der Waals surface area contributed by atoms with Crippen LogP contribution < -0.4 is 5.73 Å². The highest BCUT2D eigenvalue weighted by molar-refractivity contribution is 5.73. The molecule has 1 aliphatic rings. The van der Waals surface area contributed by atoms with Crippen LogP contribution in [0, 0.1) is 23.7 Å². The van der Waals surface area contributed by atoms with Crippen LogP contribution in [-0.4, -0.2) is 19.1 Å². The molecule has 0 heterocycles. The van der Waals surface area contributed by atoms with E-state index < -0.39 is 0 Å². The first-order valence-corrected chi connectivity index (χ1v) is 6.90. The zero-order chi connectivity index (χ0) is 13.0. The van der Waals surface area contributed by atoms with Crippen LogP contribution in [0.3, 0.4) is 0 Å². The highest BCUT2D eigenvalue weighted by atomic mass is 16.5. The molecule has 2 N–H and O–H groups in total. The molecule has 0 aliphatic heterocycles. The minimum Gasteiger partial charge on any atom is -0.469 e. The molecule has 100 valence electrons. The number of methoxy groups -OCH3 is 1. The molecular weight excluding hydrogens is 214 g/mol. The van der Waals surface area contributed by atoms with Crippen LogP contribution in [0.1, 0.15) is 46.5 Å². The van der Waals surface area contributed by atoms with E-state index in [1.807, 2.05) is 0 Å². The molecule has 3 nitrogen and oxygen atoms in total. The van der Waals surface area contributed by atoms with Crippen molar-refractivity contribution in [3.63, 3.8) is 0 Å². The van der Waals surface area contributed by atoms with E-state index >= 15 is 0 Å². The summed E-state index contributed by atoms with van der Waals surface area (Å²) in [5.41, 5.74) is 6.39. The van der Waals surface area contributed by atoms with Gasteiger partial charge in [0, 0.05) is 6.04 Å². The lowest BCUT2D eigenvalue weighted by Crippen LogP contribution is -2.39. The molecule has 0 radical (unpaired) electrons. The van der Waals surface area contributed by atoms with Gasteiger partial charge in [-0.1, -0.05) is 33.6 Å². The Morgan fingerprint density at radius 3 is 2.41 bits per heavy atom. The number of carbonyl (C=O) groups is 1. The molecule has 0 aromatic heterocycles. The number of esters is 1. The Balaban J connectivity index is 2.65. The first-order chi connectivity index (χ1) is 8.06. The second-order valence-corrected chi connectivity index (χ2v) is 5.38. The molecule has 0 amide bonds. The zero-order valence-corrected chi connectivity index (χ0v) is 11.6. The van der Waals surface area contributed by atoms with Crippen LogP contribution in [0.4, 0.5) is 0 Å². The lowest BCUT2D eigenvalue weighted by atomic mass is 9.79. The fourth-order valence-corrected chi connectivity index (χ4v) is 3.41. The predicted octanol–water partition coefficient (Wildman–Crippen LogP) is 2.59. The highest BCUT2D eigenvalue weighted by Gasteiger charge is 2.41. The van der Waals surface area contributed by atoms with Gasteiger partial charge in [0.2, 0.25) is 0 Å². The Kier molecular flexibility index (Phi) is 5.44. The van der Waals surface area contributed by atoms with E-state index in [9.17, 15) is 4.79 Å². The third-order valence-electron chi connectivity index (χ3n) is 4.71. The molecule has 0 aromatic rings. The van der Waals surface area contributed by atoms with Gasteiger partial charge in [-0.2, -0.15) is 0 Å². The van der Waals surface area contributed by atoms with Crippen molar-refractivity contribution >= 4 is 5.97 Å². The van der Waals surface area contributed by atoms with Gasteiger partial charge in [0.05, 0.1) is 13.0 Å². The molecule has 1 saturated carbocycles. The summed E-state index contributed by atoms with van der Waals surface area (Å²) in [6, 6.07) is 0.231. The molecule has 1 aliphatic carbocycles. The van der Waals surface area contributed by atoms with Gasteiger partial charge in [0.15, 0.2) is 0 Å². The third-order valence-corrected chi connectivity index (χ3v) is 4.71. The number of rotatable bonds is 5. The summed E-state index contributed by atoms with van der Waals surface area (Å²) < 4.78 is 4.87. The van der Waals surface area contributed by atoms with E-state index in [2.05, 4.69) is 20.8 Å². The molecule has 0 spiro atoms. The maximum Gasteiger partial charge on any atom is 0.308 e. The highest BCUT2D eigenvalue weighted by Crippen LogP contribution is 2.41.